The maximum Gasteiger partial charge on any atom is 0.0897 e. The van der Waals surface area contributed by atoms with Gasteiger partial charge in [-0.3, -0.25) is 0 Å². The Balaban J connectivity index is 2.01. The fraction of sp³-hybridized carbons (Fsp3) is 0.625. The summed E-state index contributed by atoms with van der Waals surface area (Å²) in [6.07, 6.45) is 1.72. The molecule has 1 rings (SSSR count). The van der Waals surface area contributed by atoms with Gasteiger partial charge in [0.2, 0.25) is 0 Å². The van der Waals surface area contributed by atoms with Crippen LogP contribution in [0.5, 0.6) is 0 Å². The number of aliphatic hydroxyl groups is 1. The minimum absolute atomic E-state index is 0.186. The van der Waals surface area contributed by atoms with E-state index in [1.54, 1.807) is 0 Å². The first-order valence-electron chi connectivity index (χ1n) is 7.04. The lowest BCUT2D eigenvalue weighted by Gasteiger charge is -2.22. The molecule has 3 heteroatoms. The number of hydrogen-bond donors (Lipinski definition) is 2. The molecule has 1 aromatic carbocycles. The average molecular weight is 265 g/mol. The molecule has 0 bridgehead atoms. The summed E-state index contributed by atoms with van der Waals surface area (Å²) in [5.41, 5.74) is 1.18. The number of ether oxygens (including phenoxy) is 1. The molecule has 0 aliphatic carbocycles. The molecule has 108 valence electrons. The van der Waals surface area contributed by atoms with Gasteiger partial charge in [-0.2, -0.15) is 0 Å². The number of aryl methyl sites for hydroxylation is 1. The van der Waals surface area contributed by atoms with Crippen LogP contribution in [0.25, 0.3) is 0 Å². The fourth-order valence-electron chi connectivity index (χ4n) is 1.74. The van der Waals surface area contributed by atoms with Gasteiger partial charge in [-0.15, -0.1) is 0 Å². The molecule has 0 amide bonds. The number of benzene rings is 1. The summed E-state index contributed by atoms with van der Waals surface area (Å²) >= 11 is 0. The molecule has 1 unspecified atom stereocenters. The molecule has 1 aromatic rings. The quantitative estimate of drug-likeness (QED) is 0.709. The van der Waals surface area contributed by atoms with Crippen LogP contribution in [-0.4, -0.2) is 36.5 Å². The molecule has 3 nitrogen and oxygen atoms in total. The molecule has 0 aromatic heterocycles. The lowest BCUT2D eigenvalue weighted by atomic mass is 10.1. The Hall–Kier alpha value is -0.900. The summed E-state index contributed by atoms with van der Waals surface area (Å²) in [6.45, 7) is 7.87. The first-order chi connectivity index (χ1) is 8.97. The number of hydrogen-bond acceptors (Lipinski definition) is 3. The van der Waals surface area contributed by atoms with Crippen molar-refractivity contribution in [2.75, 3.05) is 19.7 Å². The summed E-state index contributed by atoms with van der Waals surface area (Å²) in [6, 6.07) is 10.5. The zero-order valence-corrected chi connectivity index (χ0v) is 12.4. The first kappa shape index (κ1) is 16.2. The highest BCUT2D eigenvalue weighted by molar-refractivity contribution is 5.14. The van der Waals surface area contributed by atoms with E-state index in [0.29, 0.717) is 13.2 Å². The third-order valence-corrected chi connectivity index (χ3v) is 2.75. The maximum atomic E-state index is 9.74. The third-order valence-electron chi connectivity index (χ3n) is 2.75. The highest BCUT2D eigenvalue weighted by Gasteiger charge is 2.13. The predicted molar refractivity (Wildman–Crippen MR) is 79.3 cm³/mol. The van der Waals surface area contributed by atoms with Crippen LogP contribution in [0.15, 0.2) is 30.3 Å². The molecule has 0 saturated heterocycles. The van der Waals surface area contributed by atoms with Crippen LogP contribution in [-0.2, 0) is 11.2 Å². The van der Waals surface area contributed by atoms with Gasteiger partial charge in [-0.1, -0.05) is 30.3 Å². The number of rotatable bonds is 8. The minimum Gasteiger partial charge on any atom is -0.389 e. The van der Waals surface area contributed by atoms with Gasteiger partial charge in [0.1, 0.15) is 0 Å². The van der Waals surface area contributed by atoms with E-state index >= 15 is 0 Å². The van der Waals surface area contributed by atoms with E-state index in [1.807, 2.05) is 26.8 Å². The Morgan fingerprint density at radius 2 is 1.89 bits per heavy atom. The molecule has 0 fully saturated rings. The van der Waals surface area contributed by atoms with E-state index < -0.39 is 6.10 Å². The van der Waals surface area contributed by atoms with Gasteiger partial charge < -0.3 is 15.2 Å². The topological polar surface area (TPSA) is 41.5 Å². The van der Waals surface area contributed by atoms with E-state index in [4.69, 9.17) is 4.74 Å². The summed E-state index contributed by atoms with van der Waals surface area (Å²) in [4.78, 5) is 0. The van der Waals surface area contributed by atoms with Crippen LogP contribution < -0.4 is 5.32 Å². The zero-order valence-electron chi connectivity index (χ0n) is 12.4. The van der Waals surface area contributed by atoms with Crippen LogP contribution >= 0.6 is 0 Å². The minimum atomic E-state index is -0.434. The first-order valence-corrected chi connectivity index (χ1v) is 7.04. The normalized spacial score (nSPS) is 13.5. The summed E-state index contributed by atoms with van der Waals surface area (Å²) in [5.74, 6) is 0. The van der Waals surface area contributed by atoms with Gasteiger partial charge in [0.15, 0.2) is 0 Å². The van der Waals surface area contributed by atoms with Crippen LogP contribution in [0.2, 0.25) is 0 Å². The van der Waals surface area contributed by atoms with Crippen molar-refractivity contribution in [1.29, 1.82) is 0 Å². The molecule has 0 radical (unpaired) electrons. The number of aliphatic hydroxyl groups excluding tert-OH is 1. The number of nitrogens with one attached hydrogen (secondary N) is 1. The SMILES string of the molecule is CC(C)(C)OCC(O)CNCCCc1ccccc1. The Morgan fingerprint density at radius 3 is 2.53 bits per heavy atom. The van der Waals surface area contributed by atoms with Gasteiger partial charge in [-0.25, -0.2) is 0 Å². The van der Waals surface area contributed by atoms with E-state index in [-0.39, 0.29) is 5.60 Å². The molecule has 19 heavy (non-hydrogen) atoms. The smallest absolute Gasteiger partial charge is 0.0897 e. The van der Waals surface area contributed by atoms with E-state index in [1.165, 1.54) is 5.56 Å². The van der Waals surface area contributed by atoms with Crippen LogP contribution in [0.3, 0.4) is 0 Å². The second kappa shape index (κ2) is 8.31. The molecule has 0 heterocycles. The van der Waals surface area contributed by atoms with Crippen molar-refractivity contribution in [3.63, 3.8) is 0 Å². The van der Waals surface area contributed by atoms with Crippen LogP contribution in [0.1, 0.15) is 32.8 Å². The van der Waals surface area contributed by atoms with Crippen molar-refractivity contribution in [3.05, 3.63) is 35.9 Å². The molecular weight excluding hydrogens is 238 g/mol. The van der Waals surface area contributed by atoms with Crippen molar-refractivity contribution in [2.45, 2.75) is 45.3 Å². The van der Waals surface area contributed by atoms with Gasteiger partial charge >= 0.3 is 0 Å². The second-order valence-corrected chi connectivity index (χ2v) is 5.87. The second-order valence-electron chi connectivity index (χ2n) is 5.87. The monoisotopic (exact) mass is 265 g/mol. The molecular formula is C16H27NO2. The predicted octanol–water partition coefficient (Wildman–Crippen LogP) is 2.38. The zero-order chi connectivity index (χ0) is 14.1. The third kappa shape index (κ3) is 8.76. The summed E-state index contributed by atoms with van der Waals surface area (Å²) < 4.78 is 5.53. The van der Waals surface area contributed by atoms with Crippen molar-refractivity contribution in [1.82, 2.24) is 5.32 Å². The lowest BCUT2D eigenvalue weighted by Crippen LogP contribution is -2.34. The standard InChI is InChI=1S/C16H27NO2/c1-16(2,3)19-13-15(18)12-17-11-7-10-14-8-5-4-6-9-14/h4-6,8-9,15,17-18H,7,10-13H2,1-3H3. The van der Waals surface area contributed by atoms with Gasteiger partial charge in [0, 0.05) is 6.54 Å². The van der Waals surface area contributed by atoms with Crippen molar-refractivity contribution < 1.29 is 9.84 Å². The van der Waals surface area contributed by atoms with Crippen molar-refractivity contribution >= 4 is 0 Å². The Bertz CT molecular complexity index is 332. The van der Waals surface area contributed by atoms with E-state index in [9.17, 15) is 5.11 Å². The average Bonchev–Trinajstić information content (AvgIpc) is 2.36. The van der Waals surface area contributed by atoms with E-state index in [0.717, 1.165) is 19.4 Å². The molecule has 0 aliphatic rings. The molecule has 0 saturated carbocycles. The Kier molecular flexibility index (Phi) is 7.06. The maximum absolute atomic E-state index is 9.74. The van der Waals surface area contributed by atoms with Crippen LogP contribution in [0, 0.1) is 0 Å². The van der Waals surface area contributed by atoms with E-state index in [2.05, 4.69) is 29.6 Å². The molecule has 0 aliphatic heterocycles. The van der Waals surface area contributed by atoms with Crippen molar-refractivity contribution in [3.8, 4) is 0 Å². The lowest BCUT2D eigenvalue weighted by molar-refractivity contribution is -0.0478. The highest BCUT2D eigenvalue weighted by Crippen LogP contribution is 2.06. The van der Waals surface area contributed by atoms with Crippen LogP contribution in [0.4, 0.5) is 0 Å². The fourth-order valence-corrected chi connectivity index (χ4v) is 1.74. The largest absolute Gasteiger partial charge is 0.389 e. The molecule has 0 spiro atoms. The van der Waals surface area contributed by atoms with Gasteiger partial charge in [0.05, 0.1) is 18.3 Å². The molecule has 1 atom stereocenters. The van der Waals surface area contributed by atoms with Gasteiger partial charge in [0.25, 0.3) is 0 Å². The summed E-state index contributed by atoms with van der Waals surface area (Å²) in [5, 5.41) is 13.0. The Labute approximate surface area is 117 Å². The van der Waals surface area contributed by atoms with Gasteiger partial charge in [-0.05, 0) is 45.7 Å². The van der Waals surface area contributed by atoms with Crippen molar-refractivity contribution in [2.24, 2.45) is 0 Å². The molecule has 2 N–H and O–H groups in total. The highest BCUT2D eigenvalue weighted by atomic mass is 16.5. The summed E-state index contributed by atoms with van der Waals surface area (Å²) in [7, 11) is 0. The Morgan fingerprint density at radius 1 is 1.21 bits per heavy atom.